The minimum atomic E-state index is -0.258. The van der Waals surface area contributed by atoms with E-state index in [-0.39, 0.29) is 23.5 Å². The molecule has 5 nitrogen and oxygen atoms in total. The van der Waals surface area contributed by atoms with Crippen LogP contribution < -0.4 is 5.32 Å². The molecule has 0 aliphatic heterocycles. The zero-order chi connectivity index (χ0) is 13.5. The van der Waals surface area contributed by atoms with Crippen molar-refractivity contribution in [3.63, 3.8) is 0 Å². The SMILES string of the molecule is CCCNC(=O)CN(C)C(=O)c1ccnc(Cl)c1. The first-order chi connectivity index (χ1) is 8.54. The van der Waals surface area contributed by atoms with Crippen molar-refractivity contribution in [2.75, 3.05) is 20.1 Å². The summed E-state index contributed by atoms with van der Waals surface area (Å²) in [6, 6.07) is 3.04. The average Bonchev–Trinajstić information content (AvgIpc) is 2.35. The zero-order valence-electron chi connectivity index (χ0n) is 10.4. The number of hydrogen-bond acceptors (Lipinski definition) is 3. The van der Waals surface area contributed by atoms with Gasteiger partial charge in [0.25, 0.3) is 5.91 Å². The third kappa shape index (κ3) is 4.33. The minimum absolute atomic E-state index is 0.0266. The highest BCUT2D eigenvalue weighted by Gasteiger charge is 2.14. The number of nitrogens with zero attached hydrogens (tertiary/aromatic N) is 2. The van der Waals surface area contributed by atoms with E-state index in [9.17, 15) is 9.59 Å². The van der Waals surface area contributed by atoms with Crippen LogP contribution in [0.3, 0.4) is 0 Å². The molecule has 0 saturated heterocycles. The summed E-state index contributed by atoms with van der Waals surface area (Å²) >= 11 is 5.71. The highest BCUT2D eigenvalue weighted by Crippen LogP contribution is 2.08. The summed E-state index contributed by atoms with van der Waals surface area (Å²) in [6.07, 6.45) is 2.32. The van der Waals surface area contributed by atoms with Crippen LogP contribution in [0.1, 0.15) is 23.7 Å². The molecule has 0 aromatic carbocycles. The molecule has 1 aromatic heterocycles. The van der Waals surface area contributed by atoms with Gasteiger partial charge in [-0.2, -0.15) is 0 Å². The van der Waals surface area contributed by atoms with Gasteiger partial charge in [0, 0.05) is 25.4 Å². The van der Waals surface area contributed by atoms with E-state index in [1.165, 1.54) is 17.2 Å². The fourth-order valence-electron chi connectivity index (χ4n) is 1.36. The molecule has 1 N–H and O–H groups in total. The Labute approximate surface area is 111 Å². The summed E-state index contributed by atoms with van der Waals surface area (Å²) in [5.41, 5.74) is 0.417. The van der Waals surface area contributed by atoms with Crippen molar-refractivity contribution in [3.8, 4) is 0 Å². The number of carbonyl (C=O) groups excluding carboxylic acids is 2. The lowest BCUT2D eigenvalue weighted by Crippen LogP contribution is -2.38. The van der Waals surface area contributed by atoms with E-state index < -0.39 is 0 Å². The molecule has 1 aromatic rings. The molecule has 1 heterocycles. The van der Waals surface area contributed by atoms with Crippen molar-refractivity contribution in [1.82, 2.24) is 15.2 Å². The molecule has 0 saturated carbocycles. The first-order valence-corrected chi connectivity index (χ1v) is 6.06. The van der Waals surface area contributed by atoms with Gasteiger partial charge < -0.3 is 10.2 Å². The van der Waals surface area contributed by atoms with Crippen LogP contribution in [-0.2, 0) is 4.79 Å². The molecule has 6 heteroatoms. The second kappa shape index (κ2) is 6.96. The Morgan fingerprint density at radius 3 is 2.83 bits per heavy atom. The average molecular weight is 270 g/mol. The molecule has 0 spiro atoms. The molecule has 0 radical (unpaired) electrons. The zero-order valence-corrected chi connectivity index (χ0v) is 11.2. The smallest absolute Gasteiger partial charge is 0.254 e. The van der Waals surface area contributed by atoms with Crippen molar-refractivity contribution in [1.29, 1.82) is 0 Å². The molecule has 0 bridgehead atoms. The molecule has 2 amide bonds. The van der Waals surface area contributed by atoms with Crippen LogP contribution in [0.2, 0.25) is 5.15 Å². The Balaban J connectivity index is 2.59. The molecule has 0 atom stereocenters. The van der Waals surface area contributed by atoms with E-state index in [0.29, 0.717) is 12.1 Å². The molecule has 98 valence electrons. The molecular formula is C12H16ClN3O2. The Kier molecular flexibility index (Phi) is 5.58. The van der Waals surface area contributed by atoms with Gasteiger partial charge in [-0.1, -0.05) is 18.5 Å². The van der Waals surface area contributed by atoms with Gasteiger partial charge in [-0.3, -0.25) is 9.59 Å². The first-order valence-electron chi connectivity index (χ1n) is 5.68. The number of likely N-dealkylation sites (N-methyl/N-ethyl adjacent to an activating group) is 1. The standard InChI is InChI=1S/C12H16ClN3O2/c1-3-5-15-11(17)8-16(2)12(18)9-4-6-14-10(13)7-9/h4,6-7H,3,5,8H2,1-2H3,(H,15,17). The van der Waals surface area contributed by atoms with Crippen molar-refractivity contribution >= 4 is 23.4 Å². The Morgan fingerprint density at radius 2 is 2.22 bits per heavy atom. The summed E-state index contributed by atoms with van der Waals surface area (Å²) in [4.78, 5) is 28.6. The lowest BCUT2D eigenvalue weighted by Gasteiger charge is -2.16. The third-order valence-corrected chi connectivity index (χ3v) is 2.48. The van der Waals surface area contributed by atoms with Gasteiger partial charge in [0.05, 0.1) is 6.54 Å². The third-order valence-electron chi connectivity index (χ3n) is 2.27. The number of hydrogen-bond donors (Lipinski definition) is 1. The number of nitrogens with one attached hydrogen (secondary N) is 1. The molecule has 0 fully saturated rings. The van der Waals surface area contributed by atoms with E-state index in [2.05, 4.69) is 10.3 Å². The summed E-state index contributed by atoms with van der Waals surface area (Å²) in [6.45, 7) is 2.61. The summed E-state index contributed by atoms with van der Waals surface area (Å²) in [5, 5.41) is 2.96. The lowest BCUT2D eigenvalue weighted by atomic mass is 10.2. The largest absolute Gasteiger partial charge is 0.355 e. The maximum absolute atomic E-state index is 12.0. The quantitative estimate of drug-likeness (QED) is 0.821. The van der Waals surface area contributed by atoms with Gasteiger partial charge in [-0.15, -0.1) is 0 Å². The highest BCUT2D eigenvalue weighted by molar-refractivity contribution is 6.29. The summed E-state index contributed by atoms with van der Waals surface area (Å²) in [7, 11) is 1.57. The van der Waals surface area contributed by atoms with Gasteiger partial charge in [0.1, 0.15) is 5.15 Å². The Morgan fingerprint density at radius 1 is 1.50 bits per heavy atom. The summed E-state index contributed by atoms with van der Waals surface area (Å²) < 4.78 is 0. The van der Waals surface area contributed by atoms with Crippen molar-refractivity contribution in [3.05, 3.63) is 29.0 Å². The number of aromatic nitrogens is 1. The predicted octanol–water partition coefficient (Wildman–Crippen LogP) is 1.33. The monoisotopic (exact) mass is 269 g/mol. The van der Waals surface area contributed by atoms with Crippen LogP contribution >= 0.6 is 11.6 Å². The van der Waals surface area contributed by atoms with E-state index in [4.69, 9.17) is 11.6 Å². The van der Waals surface area contributed by atoms with Crippen LogP contribution in [-0.4, -0.2) is 41.8 Å². The molecular weight excluding hydrogens is 254 g/mol. The molecule has 18 heavy (non-hydrogen) atoms. The second-order valence-electron chi connectivity index (χ2n) is 3.88. The van der Waals surface area contributed by atoms with Crippen LogP contribution in [0.5, 0.6) is 0 Å². The second-order valence-corrected chi connectivity index (χ2v) is 4.27. The Bertz CT molecular complexity index is 437. The maximum Gasteiger partial charge on any atom is 0.254 e. The van der Waals surface area contributed by atoms with Crippen molar-refractivity contribution < 1.29 is 9.59 Å². The molecule has 0 aliphatic carbocycles. The van der Waals surface area contributed by atoms with Gasteiger partial charge in [0.2, 0.25) is 5.91 Å². The number of carbonyl (C=O) groups is 2. The fourth-order valence-corrected chi connectivity index (χ4v) is 1.54. The number of rotatable bonds is 5. The van der Waals surface area contributed by atoms with Crippen molar-refractivity contribution in [2.24, 2.45) is 0 Å². The van der Waals surface area contributed by atoms with Crippen molar-refractivity contribution in [2.45, 2.75) is 13.3 Å². The first kappa shape index (κ1) is 14.4. The topological polar surface area (TPSA) is 62.3 Å². The van der Waals surface area contributed by atoms with Gasteiger partial charge in [-0.05, 0) is 18.6 Å². The van der Waals surface area contributed by atoms with Crippen LogP contribution in [0.4, 0.5) is 0 Å². The lowest BCUT2D eigenvalue weighted by molar-refractivity contribution is -0.121. The van der Waals surface area contributed by atoms with E-state index in [1.807, 2.05) is 6.92 Å². The number of amides is 2. The van der Waals surface area contributed by atoms with E-state index in [1.54, 1.807) is 13.1 Å². The van der Waals surface area contributed by atoms with Gasteiger partial charge in [0.15, 0.2) is 0 Å². The highest BCUT2D eigenvalue weighted by atomic mass is 35.5. The molecule has 1 rings (SSSR count). The Hall–Kier alpha value is -1.62. The fraction of sp³-hybridized carbons (Fsp3) is 0.417. The van der Waals surface area contributed by atoms with Crippen LogP contribution in [0.25, 0.3) is 0 Å². The summed E-state index contributed by atoms with van der Waals surface area (Å²) in [5.74, 6) is -0.432. The van der Waals surface area contributed by atoms with Crippen LogP contribution in [0, 0.1) is 0 Å². The number of pyridine rings is 1. The predicted molar refractivity (Wildman–Crippen MR) is 69.5 cm³/mol. The van der Waals surface area contributed by atoms with E-state index in [0.717, 1.165) is 6.42 Å². The molecule has 0 aliphatic rings. The molecule has 0 unspecified atom stereocenters. The minimum Gasteiger partial charge on any atom is -0.355 e. The van der Waals surface area contributed by atoms with Crippen LogP contribution in [0.15, 0.2) is 18.3 Å². The van der Waals surface area contributed by atoms with E-state index >= 15 is 0 Å². The number of halogens is 1. The van der Waals surface area contributed by atoms with Gasteiger partial charge >= 0.3 is 0 Å². The van der Waals surface area contributed by atoms with Gasteiger partial charge in [-0.25, -0.2) is 4.98 Å². The normalized spacial score (nSPS) is 9.94. The maximum atomic E-state index is 12.0.